The normalized spacial score (nSPS) is 13.5. The summed E-state index contributed by atoms with van der Waals surface area (Å²) in [6.45, 7) is 2.48. The van der Waals surface area contributed by atoms with Crippen molar-refractivity contribution in [3.05, 3.63) is 0 Å². The second-order valence-electron chi connectivity index (χ2n) is 3.30. The van der Waals surface area contributed by atoms with Gasteiger partial charge in [0, 0.05) is 6.04 Å². The molecule has 1 N–H and O–H groups in total. The van der Waals surface area contributed by atoms with Gasteiger partial charge in [-0.05, 0) is 34.0 Å². The molecule has 0 fully saturated rings. The number of amides is 1. The van der Waals surface area contributed by atoms with E-state index in [-0.39, 0.29) is 6.04 Å². The molecule has 13 heavy (non-hydrogen) atoms. The van der Waals surface area contributed by atoms with Crippen LogP contribution in [0.3, 0.4) is 0 Å². The summed E-state index contributed by atoms with van der Waals surface area (Å²) < 4.78 is 23.5. The monoisotopic (exact) mass is 194 g/mol. The molecule has 0 aliphatic heterocycles. The fourth-order valence-corrected chi connectivity index (χ4v) is 0.830. The molecule has 0 saturated heterocycles. The second kappa shape index (κ2) is 5.85. The molecule has 0 aliphatic carbocycles. The van der Waals surface area contributed by atoms with Gasteiger partial charge in [-0.1, -0.05) is 0 Å². The highest BCUT2D eigenvalue weighted by Crippen LogP contribution is 1.96. The first-order valence-electron chi connectivity index (χ1n) is 4.16. The predicted molar refractivity (Wildman–Crippen MR) is 46.8 cm³/mol. The second-order valence-corrected chi connectivity index (χ2v) is 3.30. The van der Waals surface area contributed by atoms with Gasteiger partial charge in [-0.15, -0.1) is 0 Å². The van der Waals surface area contributed by atoms with E-state index >= 15 is 0 Å². The maximum Gasteiger partial charge on any atom is 0.315 e. The number of nitrogens with zero attached hydrogens (tertiary/aromatic N) is 1. The number of hydrogen-bond donors (Lipinski definition) is 1. The van der Waals surface area contributed by atoms with E-state index in [0.717, 1.165) is 6.54 Å². The molecule has 0 spiro atoms. The number of alkyl halides is 2. The summed E-state index contributed by atoms with van der Waals surface area (Å²) in [5.41, 5.74) is 0. The number of hydrogen-bond acceptors (Lipinski definition) is 2. The Labute approximate surface area is 77.1 Å². The predicted octanol–water partition coefficient (Wildman–Crippen LogP) is 0.708. The maximum atomic E-state index is 11.8. The van der Waals surface area contributed by atoms with Crippen molar-refractivity contribution in [2.75, 3.05) is 20.6 Å². The van der Waals surface area contributed by atoms with Crippen LogP contribution in [0, 0.1) is 0 Å². The summed E-state index contributed by atoms with van der Waals surface area (Å²) in [6, 6.07) is -0.205. The quantitative estimate of drug-likeness (QED) is 0.699. The molecule has 1 unspecified atom stereocenters. The van der Waals surface area contributed by atoms with Crippen LogP contribution in [-0.4, -0.2) is 43.9 Å². The van der Waals surface area contributed by atoms with Gasteiger partial charge in [-0.25, -0.2) is 0 Å². The topological polar surface area (TPSA) is 32.3 Å². The average molecular weight is 194 g/mol. The Morgan fingerprint density at radius 3 is 2.38 bits per heavy atom. The van der Waals surface area contributed by atoms with Gasteiger partial charge >= 0.3 is 6.43 Å². The van der Waals surface area contributed by atoms with Crippen molar-refractivity contribution in [3.63, 3.8) is 0 Å². The minimum Gasteiger partial charge on any atom is -0.349 e. The molecule has 0 heterocycles. The average Bonchev–Trinajstić information content (AvgIpc) is 2.00. The molecule has 5 heteroatoms. The molecular weight excluding hydrogens is 178 g/mol. The summed E-state index contributed by atoms with van der Waals surface area (Å²) in [4.78, 5) is 12.5. The Balaban J connectivity index is 3.62. The van der Waals surface area contributed by atoms with E-state index < -0.39 is 12.3 Å². The standard InChI is InChI=1S/C8H16F2N2O/c1-6(4-5-12(2)3)11-8(13)7(9)10/h6-7H,4-5H2,1-3H3,(H,11,13). The number of halogens is 2. The first-order chi connectivity index (χ1) is 5.93. The molecule has 78 valence electrons. The van der Waals surface area contributed by atoms with Crippen molar-refractivity contribution >= 4 is 5.91 Å². The van der Waals surface area contributed by atoms with Gasteiger partial charge < -0.3 is 10.2 Å². The van der Waals surface area contributed by atoms with Crippen LogP contribution in [0.15, 0.2) is 0 Å². The lowest BCUT2D eigenvalue weighted by Gasteiger charge is -2.16. The van der Waals surface area contributed by atoms with Gasteiger partial charge in [0.15, 0.2) is 0 Å². The third-order valence-electron chi connectivity index (χ3n) is 1.60. The zero-order chi connectivity index (χ0) is 10.4. The number of carbonyl (C=O) groups is 1. The molecule has 0 radical (unpaired) electrons. The molecule has 0 rings (SSSR count). The van der Waals surface area contributed by atoms with E-state index in [2.05, 4.69) is 5.32 Å². The van der Waals surface area contributed by atoms with Crippen LogP contribution in [-0.2, 0) is 4.79 Å². The fourth-order valence-electron chi connectivity index (χ4n) is 0.830. The number of rotatable bonds is 5. The molecule has 0 aromatic carbocycles. The number of nitrogens with one attached hydrogen (secondary N) is 1. The summed E-state index contributed by atoms with van der Waals surface area (Å²) in [5, 5.41) is 2.22. The van der Waals surface area contributed by atoms with Crippen LogP contribution in [0.2, 0.25) is 0 Å². The van der Waals surface area contributed by atoms with Crippen molar-refractivity contribution in [2.24, 2.45) is 0 Å². The zero-order valence-corrected chi connectivity index (χ0v) is 8.18. The minimum absolute atomic E-state index is 0.205. The zero-order valence-electron chi connectivity index (χ0n) is 8.18. The Bertz CT molecular complexity index is 162. The van der Waals surface area contributed by atoms with E-state index in [1.807, 2.05) is 19.0 Å². The van der Waals surface area contributed by atoms with Gasteiger partial charge in [0.05, 0.1) is 0 Å². The SMILES string of the molecule is CC(CCN(C)C)NC(=O)C(F)F. The summed E-state index contributed by atoms with van der Waals surface area (Å²) in [5.74, 6) is -1.19. The molecule has 0 aliphatic rings. The molecule has 0 bridgehead atoms. The minimum atomic E-state index is -2.91. The Morgan fingerprint density at radius 1 is 1.46 bits per heavy atom. The van der Waals surface area contributed by atoms with Crippen molar-refractivity contribution < 1.29 is 13.6 Å². The van der Waals surface area contributed by atoms with E-state index in [4.69, 9.17) is 0 Å². The molecule has 1 atom stereocenters. The maximum absolute atomic E-state index is 11.8. The molecular formula is C8H16F2N2O. The third kappa shape index (κ3) is 6.45. The molecule has 0 saturated carbocycles. The lowest BCUT2D eigenvalue weighted by Crippen LogP contribution is -2.38. The van der Waals surface area contributed by atoms with Gasteiger partial charge in [-0.3, -0.25) is 4.79 Å². The van der Waals surface area contributed by atoms with E-state index in [0.29, 0.717) is 6.42 Å². The van der Waals surface area contributed by atoms with Crippen LogP contribution in [0.5, 0.6) is 0 Å². The Morgan fingerprint density at radius 2 is 2.00 bits per heavy atom. The van der Waals surface area contributed by atoms with Gasteiger partial charge in [0.25, 0.3) is 5.91 Å². The highest BCUT2D eigenvalue weighted by Gasteiger charge is 2.16. The molecule has 0 aromatic heterocycles. The van der Waals surface area contributed by atoms with Gasteiger partial charge in [0.2, 0.25) is 0 Å². The van der Waals surface area contributed by atoms with Crippen molar-refractivity contribution in [1.82, 2.24) is 10.2 Å². The molecule has 1 amide bonds. The van der Waals surface area contributed by atoms with E-state index in [1.165, 1.54) is 0 Å². The summed E-state index contributed by atoms with van der Waals surface area (Å²) in [6.07, 6.45) is -2.24. The van der Waals surface area contributed by atoms with Crippen LogP contribution >= 0.6 is 0 Å². The summed E-state index contributed by atoms with van der Waals surface area (Å²) >= 11 is 0. The van der Waals surface area contributed by atoms with E-state index in [1.54, 1.807) is 6.92 Å². The van der Waals surface area contributed by atoms with Crippen molar-refractivity contribution in [3.8, 4) is 0 Å². The first-order valence-corrected chi connectivity index (χ1v) is 4.16. The van der Waals surface area contributed by atoms with Gasteiger partial charge in [0.1, 0.15) is 0 Å². The fraction of sp³-hybridized carbons (Fsp3) is 0.875. The van der Waals surface area contributed by atoms with E-state index in [9.17, 15) is 13.6 Å². The number of carbonyl (C=O) groups excluding carboxylic acids is 1. The lowest BCUT2D eigenvalue weighted by atomic mass is 10.2. The summed E-state index contributed by atoms with van der Waals surface area (Å²) in [7, 11) is 3.78. The largest absolute Gasteiger partial charge is 0.349 e. The van der Waals surface area contributed by atoms with Gasteiger partial charge in [-0.2, -0.15) is 8.78 Å². The van der Waals surface area contributed by atoms with Crippen molar-refractivity contribution in [1.29, 1.82) is 0 Å². The lowest BCUT2D eigenvalue weighted by molar-refractivity contribution is -0.132. The van der Waals surface area contributed by atoms with Crippen LogP contribution in [0.25, 0.3) is 0 Å². The highest BCUT2D eigenvalue weighted by atomic mass is 19.3. The Kier molecular flexibility index (Phi) is 5.53. The molecule has 3 nitrogen and oxygen atoms in total. The Hall–Kier alpha value is -0.710. The smallest absolute Gasteiger partial charge is 0.315 e. The first kappa shape index (κ1) is 12.3. The van der Waals surface area contributed by atoms with Crippen LogP contribution < -0.4 is 5.32 Å². The third-order valence-corrected chi connectivity index (χ3v) is 1.60. The van der Waals surface area contributed by atoms with Crippen LogP contribution in [0.1, 0.15) is 13.3 Å². The molecule has 0 aromatic rings. The van der Waals surface area contributed by atoms with Crippen LogP contribution in [0.4, 0.5) is 8.78 Å². The van der Waals surface area contributed by atoms with Crippen molar-refractivity contribution in [2.45, 2.75) is 25.8 Å². The highest BCUT2D eigenvalue weighted by molar-refractivity contribution is 5.79.